The number of carboxylic acid groups (broad SMARTS) is 2. The first-order valence-corrected chi connectivity index (χ1v) is 17.5. The van der Waals surface area contributed by atoms with E-state index in [1.807, 2.05) is 24.3 Å². The number of aromatic carboxylic acids is 1. The maximum absolute atomic E-state index is 11.5. The lowest BCUT2D eigenvalue weighted by Crippen LogP contribution is -2.34. The molecule has 5 aromatic rings. The van der Waals surface area contributed by atoms with Gasteiger partial charge in [0.15, 0.2) is 0 Å². The van der Waals surface area contributed by atoms with Crippen LogP contribution in [0.4, 0.5) is 13.2 Å². The molecule has 0 atom stereocenters. The largest absolute Gasteiger partial charge is 0.490 e. The predicted octanol–water partition coefficient (Wildman–Crippen LogP) is 10.2. The summed E-state index contributed by atoms with van der Waals surface area (Å²) in [5, 5.41) is 18.6. The summed E-state index contributed by atoms with van der Waals surface area (Å²) >= 11 is 19.0. The number of aliphatic carboxylic acids is 1. The van der Waals surface area contributed by atoms with E-state index in [1.54, 1.807) is 18.2 Å². The molecule has 51 heavy (non-hydrogen) atoms. The third kappa shape index (κ3) is 8.69. The summed E-state index contributed by atoms with van der Waals surface area (Å²) in [4.78, 5) is 28.0. The zero-order valence-corrected chi connectivity index (χ0v) is 29.4. The zero-order chi connectivity index (χ0) is 36.4. The Morgan fingerprint density at radius 1 is 0.784 bits per heavy atom. The molecule has 7 rings (SSSR count). The number of aromatic nitrogens is 2. The fraction of sp³-hybridized carbons (Fsp3) is 0.289. The van der Waals surface area contributed by atoms with Crippen molar-refractivity contribution in [3.05, 3.63) is 134 Å². The average molecular weight is 759 g/mol. The molecule has 0 unspecified atom stereocenters. The monoisotopic (exact) mass is 757 g/mol. The maximum Gasteiger partial charge on any atom is 0.490 e. The normalized spacial score (nSPS) is 15.5. The van der Waals surface area contributed by atoms with Crippen LogP contribution in [0.5, 0.6) is 0 Å². The molecule has 0 radical (unpaired) electrons. The molecule has 266 valence electrons. The summed E-state index contributed by atoms with van der Waals surface area (Å²) in [6, 6.07) is 28.2. The van der Waals surface area contributed by atoms with Crippen LogP contribution < -0.4 is 0 Å². The molecule has 4 aromatic carbocycles. The number of likely N-dealkylation sites (tertiary alicyclic amines) is 1. The van der Waals surface area contributed by atoms with Crippen molar-refractivity contribution in [2.75, 3.05) is 13.1 Å². The third-order valence-corrected chi connectivity index (χ3v) is 10.1. The van der Waals surface area contributed by atoms with Crippen LogP contribution in [0, 0.1) is 0 Å². The van der Waals surface area contributed by atoms with E-state index in [0.717, 1.165) is 47.1 Å². The van der Waals surface area contributed by atoms with Crippen LogP contribution in [-0.4, -0.2) is 55.9 Å². The molecule has 2 N–H and O–H groups in total. The van der Waals surface area contributed by atoms with Crippen LogP contribution in [0.3, 0.4) is 0 Å². The number of carbonyl (C=O) groups is 2. The third-order valence-electron chi connectivity index (χ3n) is 9.27. The number of nitrogens with zero attached hydrogens (tertiary/aromatic N) is 3. The Kier molecular flexibility index (Phi) is 11.0. The SMILES string of the molecule is O=C(O)C(F)(F)F.O=C(O)c1ccc(Cl)c(CN2CCC(n3c(C4CC4)nc4ccc(C(c5ccc(Cl)cc5)c5ccc(Cl)cc5)cc43)CC2)c1. The number of carboxylic acids is 2. The summed E-state index contributed by atoms with van der Waals surface area (Å²) in [5.41, 5.74) is 6.90. The lowest BCUT2D eigenvalue weighted by molar-refractivity contribution is -0.192. The van der Waals surface area contributed by atoms with E-state index in [9.17, 15) is 23.1 Å². The van der Waals surface area contributed by atoms with Gasteiger partial charge < -0.3 is 14.8 Å². The average Bonchev–Trinajstić information content (AvgIpc) is 3.88. The van der Waals surface area contributed by atoms with Crippen molar-refractivity contribution in [3.8, 4) is 0 Å². The Bertz CT molecular complexity index is 1990. The van der Waals surface area contributed by atoms with Crippen LogP contribution in [0.2, 0.25) is 15.1 Å². The van der Waals surface area contributed by atoms with Gasteiger partial charge in [0.2, 0.25) is 0 Å². The molecule has 7 nitrogen and oxygen atoms in total. The molecule has 1 aliphatic carbocycles. The lowest BCUT2D eigenvalue weighted by Gasteiger charge is -2.34. The van der Waals surface area contributed by atoms with Crippen molar-refractivity contribution in [2.24, 2.45) is 0 Å². The van der Waals surface area contributed by atoms with Crippen LogP contribution in [0.15, 0.2) is 84.9 Å². The van der Waals surface area contributed by atoms with E-state index >= 15 is 0 Å². The van der Waals surface area contributed by atoms with Crippen LogP contribution >= 0.6 is 34.8 Å². The Morgan fingerprint density at radius 2 is 1.33 bits per heavy atom. The van der Waals surface area contributed by atoms with Gasteiger partial charge in [-0.3, -0.25) is 4.90 Å². The summed E-state index contributed by atoms with van der Waals surface area (Å²) in [6.07, 6.45) is -0.732. The molecular weight excluding hydrogens is 726 g/mol. The number of imidazole rings is 1. The predicted molar refractivity (Wildman–Crippen MR) is 191 cm³/mol. The minimum Gasteiger partial charge on any atom is -0.478 e. The molecule has 2 fully saturated rings. The number of alkyl halides is 3. The fourth-order valence-electron chi connectivity index (χ4n) is 6.61. The van der Waals surface area contributed by atoms with Gasteiger partial charge in [-0.05, 0) is 103 Å². The van der Waals surface area contributed by atoms with Crippen LogP contribution in [-0.2, 0) is 11.3 Å². The van der Waals surface area contributed by atoms with Crippen molar-refractivity contribution < 1.29 is 33.0 Å². The number of hydrogen-bond donors (Lipinski definition) is 2. The van der Waals surface area contributed by atoms with Crippen molar-refractivity contribution in [1.29, 1.82) is 0 Å². The molecule has 13 heteroatoms. The van der Waals surface area contributed by atoms with Gasteiger partial charge in [0, 0.05) is 52.6 Å². The van der Waals surface area contributed by atoms with Gasteiger partial charge in [0.25, 0.3) is 0 Å². The van der Waals surface area contributed by atoms with Crippen molar-refractivity contribution in [1.82, 2.24) is 14.5 Å². The second-order valence-corrected chi connectivity index (χ2v) is 14.1. The lowest BCUT2D eigenvalue weighted by atomic mass is 9.85. The molecule has 2 aliphatic rings. The smallest absolute Gasteiger partial charge is 0.478 e. The quantitative estimate of drug-likeness (QED) is 0.153. The number of rotatable bonds is 8. The second kappa shape index (κ2) is 15.3. The van der Waals surface area contributed by atoms with E-state index < -0.39 is 18.1 Å². The van der Waals surface area contributed by atoms with Gasteiger partial charge in [0.05, 0.1) is 16.6 Å². The molecule has 2 heterocycles. The number of halogens is 6. The van der Waals surface area contributed by atoms with E-state index in [0.29, 0.717) is 23.5 Å². The Hall–Kier alpha value is -4.09. The maximum atomic E-state index is 11.5. The van der Waals surface area contributed by atoms with Crippen LogP contribution in [0.1, 0.15) is 82.0 Å². The Labute approximate surface area is 307 Å². The topological polar surface area (TPSA) is 95.7 Å². The molecule has 0 spiro atoms. The summed E-state index contributed by atoms with van der Waals surface area (Å²) in [6.45, 7) is 2.45. The molecular formula is C38H33Cl3F3N3O4. The van der Waals surface area contributed by atoms with E-state index in [1.165, 1.54) is 40.9 Å². The molecule has 1 aromatic heterocycles. The van der Waals surface area contributed by atoms with Crippen molar-refractivity contribution in [3.63, 3.8) is 0 Å². The van der Waals surface area contributed by atoms with Gasteiger partial charge in [-0.25, -0.2) is 14.6 Å². The highest BCUT2D eigenvalue weighted by Gasteiger charge is 2.38. The first-order valence-electron chi connectivity index (χ1n) is 16.4. The number of hydrogen-bond acceptors (Lipinski definition) is 4. The first kappa shape index (κ1) is 36.7. The van der Waals surface area contributed by atoms with Gasteiger partial charge >= 0.3 is 18.1 Å². The highest BCUT2D eigenvalue weighted by molar-refractivity contribution is 6.31. The first-order chi connectivity index (χ1) is 24.3. The van der Waals surface area contributed by atoms with Gasteiger partial charge in [0.1, 0.15) is 5.82 Å². The summed E-state index contributed by atoms with van der Waals surface area (Å²) < 4.78 is 34.3. The van der Waals surface area contributed by atoms with E-state index in [2.05, 4.69) is 51.9 Å². The van der Waals surface area contributed by atoms with Gasteiger partial charge in [-0.15, -0.1) is 0 Å². The minimum absolute atomic E-state index is 0.0230. The van der Waals surface area contributed by atoms with E-state index in [4.69, 9.17) is 49.7 Å². The summed E-state index contributed by atoms with van der Waals surface area (Å²) in [5.74, 6) is -1.94. The Balaban J connectivity index is 0.000000582. The van der Waals surface area contributed by atoms with Gasteiger partial charge in [-0.2, -0.15) is 13.2 Å². The molecule has 1 saturated heterocycles. The fourth-order valence-corrected chi connectivity index (χ4v) is 7.04. The van der Waals surface area contributed by atoms with Gasteiger partial charge in [-0.1, -0.05) is 65.1 Å². The minimum atomic E-state index is -5.08. The number of fused-ring (bicyclic) bond motifs is 1. The zero-order valence-electron chi connectivity index (χ0n) is 27.1. The van der Waals surface area contributed by atoms with Crippen LogP contribution in [0.25, 0.3) is 11.0 Å². The molecule has 0 amide bonds. The Morgan fingerprint density at radius 3 is 1.84 bits per heavy atom. The highest BCUT2D eigenvalue weighted by atomic mass is 35.5. The summed E-state index contributed by atoms with van der Waals surface area (Å²) in [7, 11) is 0. The van der Waals surface area contributed by atoms with E-state index in [-0.39, 0.29) is 11.5 Å². The number of piperidine rings is 1. The molecule has 0 bridgehead atoms. The highest BCUT2D eigenvalue weighted by Crippen LogP contribution is 2.44. The van der Waals surface area contributed by atoms with Crippen molar-refractivity contribution >= 4 is 57.8 Å². The second-order valence-electron chi connectivity index (χ2n) is 12.8. The number of benzene rings is 4. The molecule has 1 aliphatic heterocycles. The van der Waals surface area contributed by atoms with Crippen molar-refractivity contribution in [2.45, 2.75) is 56.3 Å². The molecule has 1 saturated carbocycles. The standard InChI is InChI=1S/C36H32Cl3N3O2.C2HF3O2/c37-28-9-3-22(4-10-28)34(23-5-11-29(38)12-6-23)25-8-14-32-33(20-25)42(35(40-32)24-1-2-24)30-15-17-41(18-16-30)21-27-19-26(36(43)44)7-13-31(27)39;3-2(4,5)1(6)7/h3-14,19-20,24,30,34H,1-2,15-18,21H2,(H,43,44);(H,6,7).